The number of amides is 3. The van der Waals surface area contributed by atoms with Gasteiger partial charge in [-0.2, -0.15) is 0 Å². The summed E-state index contributed by atoms with van der Waals surface area (Å²) in [6.07, 6.45) is 1.83. The fraction of sp³-hybridized carbons (Fsp3) is 0.250. The summed E-state index contributed by atoms with van der Waals surface area (Å²) in [7, 11) is 0. The predicted molar refractivity (Wildman–Crippen MR) is 86.2 cm³/mol. The number of ether oxygens (including phenoxy) is 1. The van der Waals surface area contributed by atoms with Crippen LogP contribution in [0.3, 0.4) is 0 Å². The van der Waals surface area contributed by atoms with Crippen LogP contribution >= 0.6 is 11.6 Å². The fourth-order valence-electron chi connectivity index (χ4n) is 2.47. The molecule has 7 nitrogen and oxygen atoms in total. The number of halogens is 1. The molecule has 0 saturated carbocycles. The van der Waals surface area contributed by atoms with E-state index in [-0.39, 0.29) is 19.4 Å². The van der Waals surface area contributed by atoms with E-state index in [0.29, 0.717) is 16.1 Å². The standard InChI is InChI=1S/C16H14ClN3O4/c17-11-4-3-9-2-1-7-18-14(9)10(11)8-24-13(21)6-5-12-15(22)20-16(23)19-12/h1-4,7,12H,5-6,8H2,(H2,19,20,22,23). The highest BCUT2D eigenvalue weighted by Crippen LogP contribution is 2.25. The molecule has 0 bridgehead atoms. The third-order valence-corrected chi connectivity index (χ3v) is 4.05. The van der Waals surface area contributed by atoms with E-state index in [4.69, 9.17) is 16.3 Å². The molecule has 8 heteroatoms. The second kappa shape index (κ2) is 6.84. The van der Waals surface area contributed by atoms with Crippen molar-refractivity contribution in [2.24, 2.45) is 0 Å². The maximum atomic E-state index is 11.9. The molecule has 1 unspecified atom stereocenters. The van der Waals surface area contributed by atoms with Crippen molar-refractivity contribution in [3.8, 4) is 0 Å². The molecule has 1 aliphatic heterocycles. The largest absolute Gasteiger partial charge is 0.461 e. The average Bonchev–Trinajstić information content (AvgIpc) is 2.89. The first-order chi connectivity index (χ1) is 11.5. The van der Waals surface area contributed by atoms with Crippen LogP contribution in [0.25, 0.3) is 10.9 Å². The van der Waals surface area contributed by atoms with E-state index >= 15 is 0 Å². The van der Waals surface area contributed by atoms with Crippen molar-refractivity contribution in [3.63, 3.8) is 0 Å². The number of nitrogens with zero attached hydrogens (tertiary/aromatic N) is 1. The van der Waals surface area contributed by atoms with Crippen molar-refractivity contribution in [3.05, 3.63) is 41.0 Å². The van der Waals surface area contributed by atoms with Crippen LogP contribution in [0.5, 0.6) is 0 Å². The maximum Gasteiger partial charge on any atom is 0.322 e. The Hall–Kier alpha value is -2.67. The number of hydrogen-bond acceptors (Lipinski definition) is 5. The van der Waals surface area contributed by atoms with Crippen LogP contribution in [-0.4, -0.2) is 28.9 Å². The Morgan fingerprint density at radius 3 is 2.88 bits per heavy atom. The van der Waals surface area contributed by atoms with E-state index in [9.17, 15) is 14.4 Å². The van der Waals surface area contributed by atoms with Gasteiger partial charge in [0.15, 0.2) is 0 Å². The number of benzene rings is 1. The van der Waals surface area contributed by atoms with Crippen molar-refractivity contribution < 1.29 is 19.1 Å². The van der Waals surface area contributed by atoms with Crippen molar-refractivity contribution in [1.29, 1.82) is 0 Å². The summed E-state index contributed by atoms with van der Waals surface area (Å²) in [5.74, 6) is -0.915. The summed E-state index contributed by atoms with van der Waals surface area (Å²) in [6.45, 7) is -0.00472. The van der Waals surface area contributed by atoms with Gasteiger partial charge in [-0.3, -0.25) is 19.9 Å². The predicted octanol–water partition coefficient (Wildman–Crippen LogP) is 1.92. The molecular formula is C16H14ClN3O4. The highest BCUT2D eigenvalue weighted by Gasteiger charge is 2.29. The molecule has 0 radical (unpaired) electrons. The van der Waals surface area contributed by atoms with E-state index in [1.165, 1.54) is 0 Å². The summed E-state index contributed by atoms with van der Waals surface area (Å²) in [4.78, 5) is 38.5. The number of aromatic nitrogens is 1. The lowest BCUT2D eigenvalue weighted by Gasteiger charge is -2.10. The summed E-state index contributed by atoms with van der Waals surface area (Å²) in [6, 6.07) is 6.03. The Kier molecular flexibility index (Phi) is 4.61. The van der Waals surface area contributed by atoms with Crippen LogP contribution in [0.4, 0.5) is 4.79 Å². The van der Waals surface area contributed by atoms with Crippen LogP contribution < -0.4 is 10.6 Å². The topological polar surface area (TPSA) is 97.4 Å². The van der Waals surface area contributed by atoms with Gasteiger partial charge in [0.05, 0.1) is 5.52 Å². The highest BCUT2D eigenvalue weighted by atomic mass is 35.5. The number of fused-ring (bicyclic) bond motifs is 1. The summed E-state index contributed by atoms with van der Waals surface area (Å²) in [5, 5.41) is 5.91. The lowest BCUT2D eigenvalue weighted by Crippen LogP contribution is -2.29. The minimum Gasteiger partial charge on any atom is -0.461 e. The van der Waals surface area contributed by atoms with E-state index in [0.717, 1.165) is 5.39 Å². The Balaban J connectivity index is 1.60. The maximum absolute atomic E-state index is 11.9. The summed E-state index contributed by atoms with van der Waals surface area (Å²) < 4.78 is 5.23. The number of urea groups is 1. The summed E-state index contributed by atoms with van der Waals surface area (Å²) in [5.41, 5.74) is 1.32. The lowest BCUT2D eigenvalue weighted by atomic mass is 10.1. The zero-order valence-electron chi connectivity index (χ0n) is 12.5. The first kappa shape index (κ1) is 16.2. The molecule has 1 atom stereocenters. The second-order valence-corrected chi connectivity index (χ2v) is 5.72. The number of pyridine rings is 1. The lowest BCUT2D eigenvalue weighted by molar-refractivity contribution is -0.145. The zero-order valence-corrected chi connectivity index (χ0v) is 13.3. The van der Waals surface area contributed by atoms with E-state index in [1.807, 2.05) is 18.2 Å². The number of imide groups is 1. The Labute approximate surface area is 142 Å². The van der Waals surface area contributed by atoms with Gasteiger partial charge >= 0.3 is 12.0 Å². The average molecular weight is 348 g/mol. The highest BCUT2D eigenvalue weighted by molar-refractivity contribution is 6.32. The van der Waals surface area contributed by atoms with Crippen molar-refractivity contribution in [1.82, 2.24) is 15.6 Å². The first-order valence-electron chi connectivity index (χ1n) is 7.33. The monoisotopic (exact) mass is 347 g/mol. The van der Waals surface area contributed by atoms with Crippen molar-refractivity contribution >= 4 is 40.4 Å². The molecule has 2 aromatic rings. The van der Waals surface area contributed by atoms with Gasteiger partial charge in [0.2, 0.25) is 0 Å². The van der Waals surface area contributed by atoms with E-state index in [1.54, 1.807) is 12.3 Å². The molecule has 1 saturated heterocycles. The number of nitrogens with one attached hydrogen (secondary N) is 2. The number of rotatable bonds is 5. The summed E-state index contributed by atoms with van der Waals surface area (Å²) >= 11 is 6.17. The SMILES string of the molecule is O=C1NC(=O)C(CCC(=O)OCc2c(Cl)ccc3cccnc23)N1. The number of esters is 1. The number of hydrogen-bond donors (Lipinski definition) is 2. The number of carbonyl (C=O) groups is 3. The van der Waals surface area contributed by atoms with Crippen LogP contribution in [-0.2, 0) is 20.9 Å². The fourth-order valence-corrected chi connectivity index (χ4v) is 2.67. The molecule has 1 aliphatic rings. The van der Waals surface area contributed by atoms with Crippen LogP contribution in [0.2, 0.25) is 5.02 Å². The molecule has 24 heavy (non-hydrogen) atoms. The molecular weight excluding hydrogens is 334 g/mol. The van der Waals surface area contributed by atoms with Gasteiger partial charge in [0, 0.05) is 28.6 Å². The third kappa shape index (κ3) is 3.46. The molecule has 2 N–H and O–H groups in total. The smallest absolute Gasteiger partial charge is 0.322 e. The third-order valence-electron chi connectivity index (χ3n) is 3.70. The van der Waals surface area contributed by atoms with Crippen LogP contribution in [0, 0.1) is 0 Å². The van der Waals surface area contributed by atoms with Gasteiger partial charge < -0.3 is 10.1 Å². The molecule has 1 fully saturated rings. The van der Waals surface area contributed by atoms with Crippen molar-refractivity contribution in [2.45, 2.75) is 25.5 Å². The van der Waals surface area contributed by atoms with Gasteiger partial charge in [-0.25, -0.2) is 4.79 Å². The Morgan fingerprint density at radius 1 is 1.29 bits per heavy atom. The Morgan fingerprint density at radius 2 is 2.12 bits per heavy atom. The molecule has 124 valence electrons. The normalized spacial score (nSPS) is 16.8. The van der Waals surface area contributed by atoms with Gasteiger partial charge in [0.1, 0.15) is 12.6 Å². The van der Waals surface area contributed by atoms with Gasteiger partial charge in [-0.1, -0.05) is 23.7 Å². The van der Waals surface area contributed by atoms with Crippen LogP contribution in [0.15, 0.2) is 30.5 Å². The minimum atomic E-state index is -0.701. The van der Waals surface area contributed by atoms with E-state index in [2.05, 4.69) is 15.6 Å². The molecule has 1 aromatic carbocycles. The minimum absolute atomic E-state index is 0.00472. The molecule has 0 spiro atoms. The molecule has 2 heterocycles. The molecule has 3 amide bonds. The first-order valence-corrected chi connectivity index (χ1v) is 7.71. The zero-order chi connectivity index (χ0) is 17.1. The van der Waals surface area contributed by atoms with Gasteiger partial charge in [0.25, 0.3) is 5.91 Å². The van der Waals surface area contributed by atoms with Gasteiger partial charge in [-0.05, 0) is 18.6 Å². The second-order valence-electron chi connectivity index (χ2n) is 5.32. The molecule has 1 aromatic heterocycles. The molecule has 0 aliphatic carbocycles. The van der Waals surface area contributed by atoms with Gasteiger partial charge in [-0.15, -0.1) is 0 Å². The quantitative estimate of drug-likeness (QED) is 0.636. The van der Waals surface area contributed by atoms with Crippen molar-refractivity contribution in [2.75, 3.05) is 0 Å². The van der Waals surface area contributed by atoms with Crippen LogP contribution in [0.1, 0.15) is 18.4 Å². The Bertz CT molecular complexity index is 824. The number of carbonyl (C=O) groups excluding carboxylic acids is 3. The molecule has 3 rings (SSSR count). The van der Waals surface area contributed by atoms with E-state index < -0.39 is 23.9 Å².